The molecule has 2 N–H and O–H groups in total. The van der Waals surface area contributed by atoms with Gasteiger partial charge in [-0.3, -0.25) is 10.1 Å². The van der Waals surface area contributed by atoms with Crippen molar-refractivity contribution in [3.63, 3.8) is 0 Å². The number of nitrogens with one attached hydrogen (secondary N) is 1. The second-order valence-electron chi connectivity index (χ2n) is 7.38. The van der Waals surface area contributed by atoms with Crippen molar-refractivity contribution in [1.82, 2.24) is 0 Å². The highest BCUT2D eigenvalue weighted by Gasteiger charge is 2.27. The van der Waals surface area contributed by atoms with Crippen molar-refractivity contribution >= 4 is 17.1 Å². The Balaban J connectivity index is 1.74. The Hall–Kier alpha value is -3.02. The van der Waals surface area contributed by atoms with E-state index in [2.05, 4.69) is 5.16 Å². The lowest BCUT2D eigenvalue weighted by molar-refractivity contribution is -0.384. The molecule has 0 bridgehead atoms. The zero-order valence-electron chi connectivity index (χ0n) is 16.0. The third-order valence-electron chi connectivity index (χ3n) is 5.62. The third kappa shape index (κ3) is 4.27. The minimum absolute atomic E-state index is 0.0644. The van der Waals surface area contributed by atoms with Gasteiger partial charge >= 0.3 is 0 Å². The Labute approximate surface area is 164 Å². The molecule has 0 radical (unpaired) electrons. The van der Waals surface area contributed by atoms with E-state index in [-0.39, 0.29) is 17.5 Å². The van der Waals surface area contributed by atoms with Crippen LogP contribution in [-0.2, 0) is 0 Å². The molecule has 6 nitrogen and oxygen atoms in total. The summed E-state index contributed by atoms with van der Waals surface area (Å²) in [6.07, 6.45) is 5.57. The summed E-state index contributed by atoms with van der Waals surface area (Å²) in [5.41, 5.74) is 3.82. The molecule has 1 saturated carbocycles. The van der Waals surface area contributed by atoms with E-state index in [0.29, 0.717) is 11.4 Å². The number of benzene rings is 2. The standard InChI is InChI=1S/C22H25N3O3/c1-15(22(24-26)19-5-3-2-4-6-19)21(23)18-9-7-16(8-10-18)17-11-13-20(14-12-17)25(27)28/h7-15,19,23,26H,2-6H2,1H3/b23-21?,24-22-. The first-order chi connectivity index (χ1) is 13.5. The van der Waals surface area contributed by atoms with Gasteiger partial charge < -0.3 is 10.6 Å². The molecule has 3 rings (SSSR count). The highest BCUT2D eigenvalue weighted by molar-refractivity contribution is 6.14. The van der Waals surface area contributed by atoms with Gasteiger partial charge in [-0.15, -0.1) is 0 Å². The quantitative estimate of drug-likeness (QED) is 0.292. The number of non-ortho nitro benzene ring substituents is 1. The molecule has 0 aromatic heterocycles. The molecule has 1 aliphatic carbocycles. The number of nitro groups is 1. The third-order valence-corrected chi connectivity index (χ3v) is 5.62. The van der Waals surface area contributed by atoms with Crippen LogP contribution >= 0.6 is 0 Å². The van der Waals surface area contributed by atoms with Crippen molar-refractivity contribution in [2.45, 2.75) is 39.0 Å². The first-order valence-corrected chi connectivity index (χ1v) is 9.66. The second-order valence-corrected chi connectivity index (χ2v) is 7.38. The van der Waals surface area contributed by atoms with E-state index in [0.717, 1.165) is 42.4 Å². The largest absolute Gasteiger partial charge is 0.411 e. The molecule has 1 fully saturated rings. The summed E-state index contributed by atoms with van der Waals surface area (Å²) in [7, 11) is 0. The minimum Gasteiger partial charge on any atom is -0.411 e. The Bertz CT molecular complexity index is 867. The Morgan fingerprint density at radius 1 is 1.07 bits per heavy atom. The summed E-state index contributed by atoms with van der Waals surface area (Å²) < 4.78 is 0. The Morgan fingerprint density at radius 2 is 1.61 bits per heavy atom. The maximum absolute atomic E-state index is 10.8. The SMILES string of the molecule is CC(C(=N)c1ccc(-c2ccc([N+](=O)[O-])cc2)cc1)/C(=N/O)C1CCCCC1. The average molecular weight is 379 g/mol. The topological polar surface area (TPSA) is 99.6 Å². The zero-order valence-corrected chi connectivity index (χ0v) is 16.0. The molecule has 0 saturated heterocycles. The van der Waals surface area contributed by atoms with E-state index >= 15 is 0 Å². The Kier molecular flexibility index (Phi) is 6.19. The van der Waals surface area contributed by atoms with Crippen molar-refractivity contribution in [3.05, 3.63) is 64.2 Å². The summed E-state index contributed by atoms with van der Waals surface area (Å²) >= 11 is 0. The van der Waals surface area contributed by atoms with Gasteiger partial charge in [0, 0.05) is 29.7 Å². The van der Waals surface area contributed by atoms with E-state index in [1.807, 2.05) is 31.2 Å². The molecular weight excluding hydrogens is 354 g/mol. The summed E-state index contributed by atoms with van der Waals surface area (Å²) in [6, 6.07) is 14.0. The number of hydrogen-bond donors (Lipinski definition) is 2. The van der Waals surface area contributed by atoms with E-state index < -0.39 is 4.92 Å². The molecule has 2 aromatic carbocycles. The highest BCUT2D eigenvalue weighted by Crippen LogP contribution is 2.29. The van der Waals surface area contributed by atoms with Gasteiger partial charge in [-0.2, -0.15) is 0 Å². The predicted molar refractivity (Wildman–Crippen MR) is 110 cm³/mol. The minimum atomic E-state index is -0.414. The molecule has 0 amide bonds. The fraction of sp³-hybridized carbons (Fsp3) is 0.364. The second kappa shape index (κ2) is 8.78. The number of oxime groups is 1. The number of nitrogens with zero attached hydrogens (tertiary/aromatic N) is 2. The van der Waals surface area contributed by atoms with Gasteiger partial charge in [-0.25, -0.2) is 0 Å². The lowest BCUT2D eigenvalue weighted by atomic mass is 9.79. The molecule has 2 aromatic rings. The first kappa shape index (κ1) is 19.7. The van der Waals surface area contributed by atoms with Crippen LogP contribution in [0, 0.1) is 27.4 Å². The molecule has 1 aliphatic rings. The summed E-state index contributed by atoms with van der Waals surface area (Å²) in [5, 5.41) is 32.5. The smallest absolute Gasteiger partial charge is 0.269 e. The van der Waals surface area contributed by atoms with Crippen LogP contribution in [0.4, 0.5) is 5.69 Å². The Morgan fingerprint density at radius 3 is 2.11 bits per heavy atom. The molecule has 6 heteroatoms. The van der Waals surface area contributed by atoms with Crippen molar-refractivity contribution in [3.8, 4) is 11.1 Å². The summed E-state index contributed by atoms with van der Waals surface area (Å²) in [6.45, 7) is 1.93. The van der Waals surface area contributed by atoms with Crippen LogP contribution in [0.3, 0.4) is 0 Å². The van der Waals surface area contributed by atoms with Crippen molar-refractivity contribution in [1.29, 1.82) is 5.41 Å². The monoisotopic (exact) mass is 379 g/mol. The van der Waals surface area contributed by atoms with E-state index in [1.54, 1.807) is 12.1 Å². The van der Waals surface area contributed by atoms with Crippen LogP contribution < -0.4 is 0 Å². The predicted octanol–water partition coefficient (Wildman–Crippen LogP) is 5.68. The normalized spacial score (nSPS) is 16.5. The van der Waals surface area contributed by atoms with Crippen LogP contribution in [0.5, 0.6) is 0 Å². The molecule has 146 valence electrons. The highest BCUT2D eigenvalue weighted by atomic mass is 16.6. The van der Waals surface area contributed by atoms with Crippen LogP contribution in [0.25, 0.3) is 11.1 Å². The van der Waals surface area contributed by atoms with Crippen molar-refractivity contribution < 1.29 is 10.1 Å². The van der Waals surface area contributed by atoms with Gasteiger partial charge in [0.25, 0.3) is 5.69 Å². The van der Waals surface area contributed by atoms with E-state index in [4.69, 9.17) is 5.41 Å². The van der Waals surface area contributed by atoms with Crippen LogP contribution in [-0.4, -0.2) is 21.6 Å². The lowest BCUT2D eigenvalue weighted by Gasteiger charge is -2.26. The zero-order chi connectivity index (χ0) is 20.1. The van der Waals surface area contributed by atoms with E-state index in [9.17, 15) is 15.3 Å². The molecule has 28 heavy (non-hydrogen) atoms. The lowest BCUT2D eigenvalue weighted by Crippen LogP contribution is -2.29. The maximum Gasteiger partial charge on any atom is 0.269 e. The summed E-state index contributed by atoms with van der Waals surface area (Å²) in [5.74, 6) is 0.0202. The summed E-state index contributed by atoms with van der Waals surface area (Å²) in [4.78, 5) is 10.4. The molecule has 1 atom stereocenters. The van der Waals surface area contributed by atoms with Gasteiger partial charge in [0.05, 0.1) is 10.6 Å². The van der Waals surface area contributed by atoms with Gasteiger partial charge in [-0.05, 0) is 41.7 Å². The van der Waals surface area contributed by atoms with Crippen LogP contribution in [0.15, 0.2) is 53.7 Å². The van der Waals surface area contributed by atoms with Crippen molar-refractivity contribution in [2.24, 2.45) is 17.0 Å². The van der Waals surface area contributed by atoms with Crippen LogP contribution in [0.1, 0.15) is 44.6 Å². The van der Waals surface area contributed by atoms with Crippen molar-refractivity contribution in [2.75, 3.05) is 0 Å². The first-order valence-electron chi connectivity index (χ1n) is 9.66. The molecule has 0 aliphatic heterocycles. The molecule has 0 heterocycles. The number of rotatable bonds is 6. The number of nitro benzene ring substituents is 1. The van der Waals surface area contributed by atoms with Gasteiger partial charge in [0.1, 0.15) is 0 Å². The fourth-order valence-corrected chi connectivity index (χ4v) is 3.94. The molecule has 0 spiro atoms. The van der Waals surface area contributed by atoms with Crippen LogP contribution in [0.2, 0.25) is 0 Å². The molecule has 1 unspecified atom stereocenters. The van der Waals surface area contributed by atoms with Gasteiger partial charge in [0.15, 0.2) is 0 Å². The van der Waals surface area contributed by atoms with Gasteiger partial charge in [0.2, 0.25) is 0 Å². The maximum atomic E-state index is 10.8. The van der Waals surface area contributed by atoms with Gasteiger partial charge in [-0.1, -0.05) is 55.6 Å². The fourth-order valence-electron chi connectivity index (χ4n) is 3.94. The molecular formula is C22H25N3O3. The van der Waals surface area contributed by atoms with E-state index in [1.165, 1.54) is 18.6 Å². The number of hydrogen-bond acceptors (Lipinski definition) is 5. The average Bonchev–Trinajstić information content (AvgIpc) is 2.74.